The predicted octanol–water partition coefficient (Wildman–Crippen LogP) is 5.04. The van der Waals surface area contributed by atoms with Crippen molar-refractivity contribution in [3.05, 3.63) is 65.3 Å². The number of halogens is 1. The molecule has 0 spiro atoms. The maximum absolute atomic E-state index is 6.03. The molecule has 0 bridgehead atoms. The van der Waals surface area contributed by atoms with Crippen LogP contribution in [0.2, 0.25) is 5.15 Å². The molecule has 3 heterocycles. The minimum Gasteiger partial charge on any atom is -0.261 e. The molecule has 3 aromatic rings. The molecule has 0 atom stereocenters. The zero-order chi connectivity index (χ0) is 15.8. The van der Waals surface area contributed by atoms with Crippen LogP contribution < -0.4 is 0 Å². The molecular formula is C19H16ClN3. The van der Waals surface area contributed by atoms with Crippen molar-refractivity contribution >= 4 is 11.6 Å². The first-order valence-corrected chi connectivity index (χ1v) is 8.14. The Hall–Kier alpha value is -2.26. The van der Waals surface area contributed by atoms with E-state index in [2.05, 4.69) is 27.1 Å². The van der Waals surface area contributed by atoms with Gasteiger partial charge >= 0.3 is 0 Å². The number of aryl methyl sites for hydroxylation is 1. The molecule has 23 heavy (non-hydrogen) atoms. The second-order valence-electron chi connectivity index (χ2n) is 5.95. The molecule has 1 aliphatic rings. The number of rotatable bonds is 3. The number of hydrogen-bond acceptors (Lipinski definition) is 3. The van der Waals surface area contributed by atoms with Gasteiger partial charge in [-0.15, -0.1) is 0 Å². The summed E-state index contributed by atoms with van der Waals surface area (Å²) in [6, 6.07) is 12.0. The van der Waals surface area contributed by atoms with E-state index in [1.165, 1.54) is 18.5 Å². The van der Waals surface area contributed by atoms with Gasteiger partial charge in [0, 0.05) is 40.8 Å². The van der Waals surface area contributed by atoms with E-state index in [0.29, 0.717) is 11.1 Å². The number of nitrogens with zero attached hydrogens (tertiary/aromatic N) is 3. The second kappa shape index (κ2) is 5.74. The molecule has 0 saturated heterocycles. The normalized spacial score (nSPS) is 14.0. The monoisotopic (exact) mass is 321 g/mol. The minimum atomic E-state index is 0.493. The number of aromatic nitrogens is 3. The first-order valence-electron chi connectivity index (χ1n) is 7.76. The molecule has 0 aromatic carbocycles. The first-order chi connectivity index (χ1) is 11.2. The Morgan fingerprint density at radius 2 is 1.91 bits per heavy atom. The van der Waals surface area contributed by atoms with Crippen molar-refractivity contribution in [2.24, 2.45) is 0 Å². The van der Waals surface area contributed by atoms with Gasteiger partial charge in [0.2, 0.25) is 0 Å². The van der Waals surface area contributed by atoms with Gasteiger partial charge in [-0.3, -0.25) is 9.97 Å². The summed E-state index contributed by atoms with van der Waals surface area (Å²) in [4.78, 5) is 13.4. The lowest BCUT2D eigenvalue weighted by atomic mass is 10.0. The third kappa shape index (κ3) is 2.97. The van der Waals surface area contributed by atoms with Gasteiger partial charge < -0.3 is 0 Å². The summed E-state index contributed by atoms with van der Waals surface area (Å²) in [6.07, 6.45) is 6.30. The lowest BCUT2D eigenvalue weighted by molar-refractivity contribution is 1.02. The van der Waals surface area contributed by atoms with E-state index in [4.69, 9.17) is 11.6 Å². The molecule has 0 amide bonds. The van der Waals surface area contributed by atoms with E-state index in [0.717, 1.165) is 28.1 Å². The van der Waals surface area contributed by atoms with Crippen LogP contribution in [-0.4, -0.2) is 15.0 Å². The third-order valence-corrected chi connectivity index (χ3v) is 4.40. The Bertz CT molecular complexity index is 872. The Morgan fingerprint density at radius 3 is 2.70 bits per heavy atom. The molecule has 1 saturated carbocycles. The van der Waals surface area contributed by atoms with Gasteiger partial charge in [-0.2, -0.15) is 0 Å². The van der Waals surface area contributed by atoms with Crippen molar-refractivity contribution in [3.8, 4) is 22.4 Å². The molecule has 1 fully saturated rings. The summed E-state index contributed by atoms with van der Waals surface area (Å²) in [7, 11) is 0. The molecule has 1 aliphatic carbocycles. The van der Waals surface area contributed by atoms with E-state index < -0.39 is 0 Å². The van der Waals surface area contributed by atoms with E-state index >= 15 is 0 Å². The highest BCUT2D eigenvalue weighted by Gasteiger charge is 2.25. The van der Waals surface area contributed by atoms with Gasteiger partial charge in [0.25, 0.3) is 0 Å². The highest BCUT2D eigenvalue weighted by molar-refractivity contribution is 6.29. The topological polar surface area (TPSA) is 38.7 Å². The van der Waals surface area contributed by atoms with Crippen LogP contribution in [0.4, 0.5) is 0 Å². The molecule has 114 valence electrons. The van der Waals surface area contributed by atoms with Crippen LogP contribution in [-0.2, 0) is 0 Å². The van der Waals surface area contributed by atoms with Gasteiger partial charge in [-0.25, -0.2) is 4.98 Å². The van der Waals surface area contributed by atoms with Crippen molar-refractivity contribution in [2.45, 2.75) is 25.7 Å². The Morgan fingerprint density at radius 1 is 1.04 bits per heavy atom. The largest absolute Gasteiger partial charge is 0.261 e. The smallest absolute Gasteiger partial charge is 0.129 e. The Kier molecular flexibility index (Phi) is 3.58. The highest BCUT2D eigenvalue weighted by atomic mass is 35.5. The Balaban J connectivity index is 1.78. The summed E-state index contributed by atoms with van der Waals surface area (Å²) < 4.78 is 0. The van der Waals surface area contributed by atoms with Gasteiger partial charge in [-0.1, -0.05) is 17.7 Å². The molecular weight excluding hydrogens is 306 g/mol. The first kappa shape index (κ1) is 14.3. The molecule has 3 nitrogen and oxygen atoms in total. The SMILES string of the molecule is Cc1ncc(-c2ccnc(C3CC3)c2)cc1-c1cccc(Cl)n1. The molecule has 4 rings (SSSR count). The molecule has 0 unspecified atom stereocenters. The molecule has 4 heteroatoms. The van der Waals surface area contributed by atoms with Crippen molar-refractivity contribution in [1.82, 2.24) is 15.0 Å². The number of pyridine rings is 3. The Labute approximate surface area is 140 Å². The van der Waals surface area contributed by atoms with Crippen LogP contribution in [0, 0.1) is 6.92 Å². The predicted molar refractivity (Wildman–Crippen MR) is 92.4 cm³/mol. The quantitative estimate of drug-likeness (QED) is 0.634. The molecule has 0 aliphatic heterocycles. The van der Waals surface area contributed by atoms with E-state index in [1.54, 1.807) is 6.07 Å². The fraction of sp³-hybridized carbons (Fsp3) is 0.211. The molecule has 0 radical (unpaired) electrons. The zero-order valence-electron chi connectivity index (χ0n) is 12.8. The van der Waals surface area contributed by atoms with E-state index in [9.17, 15) is 0 Å². The van der Waals surface area contributed by atoms with Gasteiger partial charge in [0.05, 0.1) is 5.69 Å². The second-order valence-corrected chi connectivity index (χ2v) is 6.33. The summed E-state index contributed by atoms with van der Waals surface area (Å²) in [5, 5.41) is 0.493. The fourth-order valence-electron chi connectivity index (χ4n) is 2.74. The number of hydrogen-bond donors (Lipinski definition) is 0. The van der Waals surface area contributed by atoms with Crippen molar-refractivity contribution in [3.63, 3.8) is 0 Å². The van der Waals surface area contributed by atoms with E-state index in [1.807, 2.05) is 37.5 Å². The molecule has 0 N–H and O–H groups in total. The van der Waals surface area contributed by atoms with Crippen LogP contribution in [0.25, 0.3) is 22.4 Å². The van der Waals surface area contributed by atoms with Gasteiger partial charge in [0.15, 0.2) is 0 Å². The van der Waals surface area contributed by atoms with Gasteiger partial charge in [-0.05, 0) is 55.7 Å². The average molecular weight is 322 g/mol. The minimum absolute atomic E-state index is 0.493. The third-order valence-electron chi connectivity index (χ3n) is 4.19. The van der Waals surface area contributed by atoms with Crippen LogP contribution in [0.1, 0.15) is 30.1 Å². The maximum atomic E-state index is 6.03. The zero-order valence-corrected chi connectivity index (χ0v) is 13.6. The average Bonchev–Trinajstić information content (AvgIpc) is 3.40. The van der Waals surface area contributed by atoms with Crippen LogP contribution in [0.15, 0.2) is 48.8 Å². The fourth-order valence-corrected chi connectivity index (χ4v) is 2.90. The van der Waals surface area contributed by atoms with Crippen LogP contribution in [0.3, 0.4) is 0 Å². The summed E-state index contributed by atoms with van der Waals surface area (Å²) in [5.41, 5.74) is 6.22. The summed E-state index contributed by atoms with van der Waals surface area (Å²) in [5.74, 6) is 0.641. The summed E-state index contributed by atoms with van der Waals surface area (Å²) >= 11 is 6.03. The van der Waals surface area contributed by atoms with Gasteiger partial charge in [0.1, 0.15) is 5.15 Å². The van der Waals surface area contributed by atoms with Crippen molar-refractivity contribution in [2.75, 3.05) is 0 Å². The van der Waals surface area contributed by atoms with Crippen LogP contribution in [0.5, 0.6) is 0 Å². The van der Waals surface area contributed by atoms with E-state index in [-0.39, 0.29) is 0 Å². The standard InChI is InChI=1S/C19H16ClN3/c1-12-16(17-3-2-4-19(20)23-17)9-15(11-22-12)14-7-8-21-18(10-14)13-5-6-13/h2-4,7-11,13H,5-6H2,1H3. The lowest BCUT2D eigenvalue weighted by Crippen LogP contribution is -1.93. The van der Waals surface area contributed by atoms with Crippen LogP contribution >= 0.6 is 11.6 Å². The maximum Gasteiger partial charge on any atom is 0.129 e. The summed E-state index contributed by atoms with van der Waals surface area (Å²) in [6.45, 7) is 1.99. The van der Waals surface area contributed by atoms with Crippen molar-refractivity contribution < 1.29 is 0 Å². The lowest BCUT2D eigenvalue weighted by Gasteiger charge is -2.09. The highest BCUT2D eigenvalue weighted by Crippen LogP contribution is 2.40. The van der Waals surface area contributed by atoms with Crippen molar-refractivity contribution in [1.29, 1.82) is 0 Å². The molecule has 3 aromatic heterocycles.